The molecule has 0 saturated heterocycles. The van der Waals surface area contributed by atoms with Crippen LogP contribution in [0.15, 0.2) is 54.7 Å². The van der Waals surface area contributed by atoms with Crippen LogP contribution >= 0.6 is 0 Å². The van der Waals surface area contributed by atoms with E-state index in [9.17, 15) is 14.4 Å². The molecule has 1 aliphatic heterocycles. The second kappa shape index (κ2) is 7.52. The fraction of sp³-hybridized carbons (Fsp3) is 0.286. The van der Waals surface area contributed by atoms with Gasteiger partial charge in [0.15, 0.2) is 0 Å². The Bertz CT molecular complexity index is 820. The predicted octanol–water partition coefficient (Wildman–Crippen LogP) is 3.45. The zero-order valence-electron chi connectivity index (χ0n) is 15.6. The van der Waals surface area contributed by atoms with Crippen molar-refractivity contribution >= 4 is 17.7 Å². The van der Waals surface area contributed by atoms with Gasteiger partial charge < -0.3 is 4.90 Å². The van der Waals surface area contributed by atoms with Gasteiger partial charge in [0, 0.05) is 25.2 Å². The van der Waals surface area contributed by atoms with Crippen molar-refractivity contribution in [2.45, 2.75) is 20.8 Å². The van der Waals surface area contributed by atoms with Crippen molar-refractivity contribution in [1.82, 2.24) is 9.80 Å². The zero-order valence-corrected chi connectivity index (χ0v) is 15.6. The maximum Gasteiger partial charge on any atom is 0.261 e. The van der Waals surface area contributed by atoms with E-state index in [1.165, 1.54) is 6.07 Å². The first-order valence-corrected chi connectivity index (χ1v) is 8.34. The maximum absolute atomic E-state index is 12.9. The van der Waals surface area contributed by atoms with E-state index < -0.39 is 5.91 Å². The summed E-state index contributed by atoms with van der Waals surface area (Å²) in [6, 6.07) is 4.63. The molecule has 5 nitrogen and oxygen atoms in total. The number of imide groups is 1. The first-order valence-electron chi connectivity index (χ1n) is 8.34. The second-order valence-electron chi connectivity index (χ2n) is 6.99. The molecule has 0 unspecified atom stereocenters. The van der Waals surface area contributed by atoms with Crippen LogP contribution in [0.25, 0.3) is 0 Å². The van der Waals surface area contributed by atoms with Crippen molar-refractivity contribution in [2.24, 2.45) is 0 Å². The third-order valence-corrected chi connectivity index (χ3v) is 3.85. The van der Waals surface area contributed by atoms with Gasteiger partial charge in [-0.05, 0) is 39.0 Å². The Kier molecular flexibility index (Phi) is 5.60. The highest BCUT2D eigenvalue weighted by Crippen LogP contribution is 2.25. The monoisotopic (exact) mass is 352 g/mol. The molecule has 136 valence electrons. The number of carbonyl (C=O) groups excluding carboxylic acids is 3. The Labute approximate surface area is 154 Å². The van der Waals surface area contributed by atoms with Crippen molar-refractivity contribution in [1.29, 1.82) is 0 Å². The molecule has 5 heteroatoms. The summed E-state index contributed by atoms with van der Waals surface area (Å²) in [6.45, 7) is 17.9. The standard InChI is InChI=1S/C21H24N2O3/c1-13(2)10-22(11-14(3)4)19(24)16-7-8-17-18(9-16)21(26)23(20(17)25)12-15(5)6/h7-9H,1,3,5,10-12H2,2,4,6H3. The quantitative estimate of drug-likeness (QED) is 0.558. The van der Waals surface area contributed by atoms with Crippen molar-refractivity contribution in [3.05, 3.63) is 71.3 Å². The molecule has 0 fully saturated rings. The Balaban J connectivity index is 2.35. The summed E-state index contributed by atoms with van der Waals surface area (Å²) in [5, 5.41) is 0. The summed E-state index contributed by atoms with van der Waals surface area (Å²) < 4.78 is 0. The van der Waals surface area contributed by atoms with Gasteiger partial charge in [0.2, 0.25) is 0 Å². The van der Waals surface area contributed by atoms with Crippen LogP contribution in [0.3, 0.4) is 0 Å². The van der Waals surface area contributed by atoms with E-state index in [-0.39, 0.29) is 23.9 Å². The first-order chi connectivity index (χ1) is 12.1. The number of rotatable bonds is 7. The minimum absolute atomic E-state index is 0.174. The van der Waals surface area contributed by atoms with E-state index in [1.54, 1.807) is 24.0 Å². The van der Waals surface area contributed by atoms with Crippen LogP contribution in [0, 0.1) is 0 Å². The molecule has 1 heterocycles. The summed E-state index contributed by atoms with van der Waals surface area (Å²) in [6.07, 6.45) is 0. The third-order valence-electron chi connectivity index (χ3n) is 3.85. The SMILES string of the molecule is C=C(C)CN(CC(=C)C)C(=O)c1ccc2c(c1)C(=O)N(CC(=C)C)C2=O. The van der Waals surface area contributed by atoms with Crippen molar-refractivity contribution in [2.75, 3.05) is 19.6 Å². The molecule has 0 N–H and O–H groups in total. The van der Waals surface area contributed by atoms with Gasteiger partial charge in [-0.1, -0.05) is 36.5 Å². The van der Waals surface area contributed by atoms with Gasteiger partial charge in [-0.25, -0.2) is 0 Å². The van der Waals surface area contributed by atoms with Crippen LogP contribution < -0.4 is 0 Å². The highest BCUT2D eigenvalue weighted by molar-refractivity contribution is 6.22. The van der Waals surface area contributed by atoms with Crippen molar-refractivity contribution in [3.8, 4) is 0 Å². The number of fused-ring (bicyclic) bond motifs is 1. The van der Waals surface area contributed by atoms with Gasteiger partial charge in [-0.3, -0.25) is 19.3 Å². The Morgan fingerprint density at radius 3 is 1.96 bits per heavy atom. The van der Waals surface area contributed by atoms with Crippen LogP contribution in [0.5, 0.6) is 0 Å². The molecule has 0 radical (unpaired) electrons. The minimum Gasteiger partial charge on any atom is -0.331 e. The second-order valence-corrected chi connectivity index (χ2v) is 6.99. The van der Waals surface area contributed by atoms with Gasteiger partial charge in [0.1, 0.15) is 0 Å². The minimum atomic E-state index is -0.394. The van der Waals surface area contributed by atoms with Crippen LogP contribution in [-0.4, -0.2) is 47.2 Å². The number of amides is 3. The molecule has 0 saturated carbocycles. The summed E-state index contributed by atoms with van der Waals surface area (Å²) in [5.74, 6) is -0.973. The smallest absolute Gasteiger partial charge is 0.261 e. The summed E-state index contributed by atoms with van der Waals surface area (Å²) in [4.78, 5) is 40.6. The highest BCUT2D eigenvalue weighted by atomic mass is 16.2. The Morgan fingerprint density at radius 1 is 0.923 bits per heavy atom. The summed E-state index contributed by atoms with van der Waals surface area (Å²) >= 11 is 0. The van der Waals surface area contributed by atoms with E-state index in [2.05, 4.69) is 19.7 Å². The molecule has 1 aliphatic rings. The number of hydrogen-bond acceptors (Lipinski definition) is 3. The van der Waals surface area contributed by atoms with Crippen LogP contribution in [-0.2, 0) is 0 Å². The molecule has 0 atom stereocenters. The Hall–Kier alpha value is -2.95. The molecule has 3 amide bonds. The number of nitrogens with zero attached hydrogens (tertiary/aromatic N) is 2. The predicted molar refractivity (Wildman–Crippen MR) is 102 cm³/mol. The van der Waals surface area contributed by atoms with Gasteiger partial charge in [-0.2, -0.15) is 0 Å². The van der Waals surface area contributed by atoms with E-state index >= 15 is 0 Å². The lowest BCUT2D eigenvalue weighted by molar-refractivity contribution is 0.0667. The van der Waals surface area contributed by atoms with E-state index in [0.29, 0.717) is 29.8 Å². The number of carbonyl (C=O) groups is 3. The van der Waals surface area contributed by atoms with E-state index in [1.807, 2.05) is 13.8 Å². The molecular formula is C21H24N2O3. The molecule has 0 aromatic heterocycles. The molecule has 1 aromatic rings. The average molecular weight is 352 g/mol. The summed E-state index contributed by atoms with van der Waals surface area (Å²) in [7, 11) is 0. The van der Waals surface area contributed by atoms with Gasteiger partial charge in [0.05, 0.1) is 11.1 Å². The lowest BCUT2D eigenvalue weighted by atomic mass is 10.0. The fourth-order valence-corrected chi connectivity index (χ4v) is 2.87. The largest absolute Gasteiger partial charge is 0.331 e. The maximum atomic E-state index is 12.9. The van der Waals surface area contributed by atoms with Gasteiger partial charge >= 0.3 is 0 Å². The van der Waals surface area contributed by atoms with Crippen molar-refractivity contribution < 1.29 is 14.4 Å². The molecule has 0 aliphatic carbocycles. The van der Waals surface area contributed by atoms with Crippen molar-refractivity contribution in [3.63, 3.8) is 0 Å². The van der Waals surface area contributed by atoms with Gasteiger partial charge in [-0.15, -0.1) is 0 Å². The number of hydrogen-bond donors (Lipinski definition) is 0. The fourth-order valence-electron chi connectivity index (χ4n) is 2.87. The zero-order chi connectivity index (χ0) is 19.6. The molecule has 26 heavy (non-hydrogen) atoms. The highest BCUT2D eigenvalue weighted by Gasteiger charge is 2.36. The normalized spacial score (nSPS) is 12.8. The van der Waals surface area contributed by atoms with E-state index in [4.69, 9.17) is 0 Å². The molecule has 0 spiro atoms. The molecular weight excluding hydrogens is 328 g/mol. The average Bonchev–Trinajstić information content (AvgIpc) is 2.77. The lowest BCUT2D eigenvalue weighted by Gasteiger charge is -2.23. The summed E-state index contributed by atoms with van der Waals surface area (Å²) in [5.41, 5.74) is 3.35. The van der Waals surface area contributed by atoms with Crippen LogP contribution in [0.4, 0.5) is 0 Å². The third kappa shape index (κ3) is 3.99. The molecule has 1 aromatic carbocycles. The molecule has 0 bridgehead atoms. The lowest BCUT2D eigenvalue weighted by Crippen LogP contribution is -2.33. The van der Waals surface area contributed by atoms with E-state index in [0.717, 1.165) is 16.0 Å². The molecule has 2 rings (SSSR count). The Morgan fingerprint density at radius 2 is 1.46 bits per heavy atom. The van der Waals surface area contributed by atoms with Crippen LogP contribution in [0.2, 0.25) is 0 Å². The van der Waals surface area contributed by atoms with Crippen LogP contribution in [0.1, 0.15) is 51.8 Å². The number of benzene rings is 1. The first kappa shape index (κ1) is 19.4. The van der Waals surface area contributed by atoms with Gasteiger partial charge in [0.25, 0.3) is 17.7 Å². The topological polar surface area (TPSA) is 57.7 Å².